The van der Waals surface area contributed by atoms with Crippen molar-refractivity contribution in [2.45, 2.75) is 45.7 Å². The molecule has 0 unspecified atom stereocenters. The highest BCUT2D eigenvalue weighted by Crippen LogP contribution is 2.17. The number of aryl methyl sites for hydroxylation is 1. The summed E-state index contributed by atoms with van der Waals surface area (Å²) in [5.74, 6) is 0.0984. The lowest BCUT2D eigenvalue weighted by Gasteiger charge is -2.32. The molecule has 2 heterocycles. The monoisotopic (exact) mass is 292 g/mol. The highest BCUT2D eigenvalue weighted by atomic mass is 16.2. The SMILES string of the molecule is CCC(=O)NC1CCN(C(=O)c2cc(N)cn2CC)CC1. The van der Waals surface area contributed by atoms with Crippen LogP contribution < -0.4 is 11.1 Å². The number of nitrogen functional groups attached to an aromatic ring is 1. The highest BCUT2D eigenvalue weighted by molar-refractivity contribution is 5.94. The van der Waals surface area contributed by atoms with E-state index in [0.717, 1.165) is 19.4 Å². The number of rotatable bonds is 4. The van der Waals surface area contributed by atoms with Crippen LogP contribution in [-0.4, -0.2) is 40.4 Å². The molecule has 6 heteroatoms. The Labute approximate surface area is 125 Å². The van der Waals surface area contributed by atoms with Crippen molar-refractivity contribution in [3.05, 3.63) is 18.0 Å². The predicted molar refractivity (Wildman–Crippen MR) is 81.9 cm³/mol. The number of carbonyl (C=O) groups excluding carboxylic acids is 2. The summed E-state index contributed by atoms with van der Waals surface area (Å²) in [6.07, 6.45) is 3.91. The second kappa shape index (κ2) is 6.65. The largest absolute Gasteiger partial charge is 0.397 e. The van der Waals surface area contributed by atoms with Crippen LogP contribution in [0.15, 0.2) is 12.3 Å². The Morgan fingerprint density at radius 1 is 1.33 bits per heavy atom. The summed E-state index contributed by atoms with van der Waals surface area (Å²) in [6, 6.07) is 1.92. The number of hydrogen-bond acceptors (Lipinski definition) is 3. The molecule has 1 saturated heterocycles. The van der Waals surface area contributed by atoms with Gasteiger partial charge >= 0.3 is 0 Å². The van der Waals surface area contributed by atoms with E-state index in [0.29, 0.717) is 30.9 Å². The number of carbonyl (C=O) groups is 2. The number of nitrogens with one attached hydrogen (secondary N) is 1. The van der Waals surface area contributed by atoms with Gasteiger partial charge in [0.15, 0.2) is 0 Å². The molecule has 0 saturated carbocycles. The highest BCUT2D eigenvalue weighted by Gasteiger charge is 2.25. The van der Waals surface area contributed by atoms with Crippen LogP contribution in [0.25, 0.3) is 0 Å². The normalized spacial score (nSPS) is 16.0. The van der Waals surface area contributed by atoms with E-state index in [1.165, 1.54) is 0 Å². The van der Waals surface area contributed by atoms with Crippen molar-refractivity contribution < 1.29 is 9.59 Å². The van der Waals surface area contributed by atoms with Gasteiger partial charge in [0.05, 0.1) is 5.69 Å². The minimum atomic E-state index is 0.0221. The smallest absolute Gasteiger partial charge is 0.270 e. The van der Waals surface area contributed by atoms with Crippen LogP contribution in [0.5, 0.6) is 0 Å². The van der Waals surface area contributed by atoms with Gasteiger partial charge in [-0.2, -0.15) is 0 Å². The third-order valence-electron chi connectivity index (χ3n) is 3.95. The van der Waals surface area contributed by atoms with Crippen LogP contribution in [0.4, 0.5) is 5.69 Å². The molecule has 1 aliphatic heterocycles. The molecular formula is C15H24N4O2. The molecule has 6 nitrogen and oxygen atoms in total. The molecule has 116 valence electrons. The van der Waals surface area contributed by atoms with Crippen LogP contribution in [0.1, 0.15) is 43.6 Å². The minimum absolute atomic E-state index is 0.0221. The number of likely N-dealkylation sites (tertiary alicyclic amines) is 1. The number of nitrogens with zero attached hydrogens (tertiary/aromatic N) is 2. The predicted octanol–water partition coefficient (Wildman–Crippen LogP) is 1.22. The van der Waals surface area contributed by atoms with Crippen molar-refractivity contribution in [3.63, 3.8) is 0 Å². The minimum Gasteiger partial charge on any atom is -0.397 e. The van der Waals surface area contributed by atoms with Gasteiger partial charge in [0.1, 0.15) is 5.69 Å². The molecule has 2 amide bonds. The molecule has 0 aliphatic carbocycles. The zero-order valence-corrected chi connectivity index (χ0v) is 12.8. The average molecular weight is 292 g/mol. The lowest BCUT2D eigenvalue weighted by Crippen LogP contribution is -2.46. The van der Waals surface area contributed by atoms with Crippen molar-refractivity contribution >= 4 is 17.5 Å². The first-order chi connectivity index (χ1) is 10.0. The third-order valence-corrected chi connectivity index (χ3v) is 3.95. The molecule has 2 rings (SSSR count). The number of anilines is 1. The number of amides is 2. The first-order valence-corrected chi connectivity index (χ1v) is 7.59. The topological polar surface area (TPSA) is 80.4 Å². The Balaban J connectivity index is 1.95. The van der Waals surface area contributed by atoms with Crippen molar-refractivity contribution in [2.24, 2.45) is 0 Å². The molecule has 1 aromatic rings. The summed E-state index contributed by atoms with van der Waals surface area (Å²) < 4.78 is 1.88. The van der Waals surface area contributed by atoms with Gasteiger partial charge in [0.25, 0.3) is 5.91 Å². The Bertz CT molecular complexity index is 516. The van der Waals surface area contributed by atoms with E-state index in [9.17, 15) is 9.59 Å². The molecule has 3 N–H and O–H groups in total. The molecule has 0 radical (unpaired) electrons. The van der Waals surface area contributed by atoms with Gasteiger partial charge in [-0.15, -0.1) is 0 Å². The molecular weight excluding hydrogens is 268 g/mol. The zero-order chi connectivity index (χ0) is 15.4. The van der Waals surface area contributed by atoms with Crippen molar-refractivity contribution in [1.82, 2.24) is 14.8 Å². The van der Waals surface area contributed by atoms with E-state index < -0.39 is 0 Å². The molecule has 1 fully saturated rings. The van der Waals surface area contributed by atoms with Gasteiger partial charge in [-0.1, -0.05) is 6.92 Å². The quantitative estimate of drug-likeness (QED) is 0.875. The molecule has 0 bridgehead atoms. The van der Waals surface area contributed by atoms with E-state index in [2.05, 4.69) is 5.32 Å². The van der Waals surface area contributed by atoms with Crippen LogP contribution in [0, 0.1) is 0 Å². The first kappa shape index (κ1) is 15.4. The second-order valence-corrected chi connectivity index (χ2v) is 5.43. The summed E-state index contributed by atoms with van der Waals surface area (Å²) in [7, 11) is 0. The molecule has 1 aromatic heterocycles. The molecule has 0 atom stereocenters. The standard InChI is InChI=1S/C15H24N4O2/c1-3-14(20)17-12-5-7-19(8-6-12)15(21)13-9-11(16)10-18(13)4-2/h9-10,12H,3-8,16H2,1-2H3,(H,17,20). The Morgan fingerprint density at radius 2 is 2.00 bits per heavy atom. The van der Waals surface area contributed by atoms with Crippen LogP contribution in [-0.2, 0) is 11.3 Å². The van der Waals surface area contributed by atoms with Crippen molar-refractivity contribution in [3.8, 4) is 0 Å². The Kier molecular flexibility index (Phi) is 4.88. The van der Waals surface area contributed by atoms with Gasteiger partial charge in [-0.05, 0) is 25.8 Å². The summed E-state index contributed by atoms with van der Waals surface area (Å²) in [5, 5.41) is 2.99. The summed E-state index contributed by atoms with van der Waals surface area (Å²) in [6.45, 7) is 5.89. The Morgan fingerprint density at radius 3 is 2.57 bits per heavy atom. The van der Waals surface area contributed by atoms with E-state index in [1.54, 1.807) is 12.3 Å². The van der Waals surface area contributed by atoms with Crippen molar-refractivity contribution in [2.75, 3.05) is 18.8 Å². The second-order valence-electron chi connectivity index (χ2n) is 5.43. The maximum atomic E-state index is 12.5. The van der Waals surface area contributed by atoms with Gasteiger partial charge in [-0.3, -0.25) is 9.59 Å². The van der Waals surface area contributed by atoms with Gasteiger partial charge in [-0.25, -0.2) is 0 Å². The zero-order valence-electron chi connectivity index (χ0n) is 12.8. The van der Waals surface area contributed by atoms with Crippen LogP contribution in [0.2, 0.25) is 0 Å². The third kappa shape index (κ3) is 3.56. The summed E-state index contributed by atoms with van der Waals surface area (Å²) in [4.78, 5) is 25.8. The number of aromatic nitrogens is 1. The number of nitrogens with two attached hydrogens (primary N) is 1. The van der Waals surface area contributed by atoms with Gasteiger partial charge in [0.2, 0.25) is 5.91 Å². The number of hydrogen-bond donors (Lipinski definition) is 2. The Hall–Kier alpha value is -1.98. The maximum absolute atomic E-state index is 12.5. The fourth-order valence-corrected chi connectivity index (χ4v) is 2.69. The molecule has 0 spiro atoms. The lowest BCUT2D eigenvalue weighted by molar-refractivity contribution is -0.121. The molecule has 0 aromatic carbocycles. The van der Waals surface area contributed by atoms with Gasteiger partial charge in [0, 0.05) is 38.3 Å². The van der Waals surface area contributed by atoms with Crippen molar-refractivity contribution in [1.29, 1.82) is 0 Å². The van der Waals surface area contributed by atoms with Gasteiger partial charge < -0.3 is 20.5 Å². The van der Waals surface area contributed by atoms with E-state index >= 15 is 0 Å². The fraction of sp³-hybridized carbons (Fsp3) is 0.600. The maximum Gasteiger partial charge on any atom is 0.270 e. The summed E-state index contributed by atoms with van der Waals surface area (Å²) in [5.41, 5.74) is 7.04. The summed E-state index contributed by atoms with van der Waals surface area (Å²) >= 11 is 0. The van der Waals surface area contributed by atoms with E-state index in [4.69, 9.17) is 5.73 Å². The first-order valence-electron chi connectivity index (χ1n) is 7.59. The average Bonchev–Trinajstić information content (AvgIpc) is 2.88. The fourth-order valence-electron chi connectivity index (χ4n) is 2.69. The van der Waals surface area contributed by atoms with E-state index in [1.807, 2.05) is 23.3 Å². The molecule has 1 aliphatic rings. The van der Waals surface area contributed by atoms with Crippen LogP contribution in [0.3, 0.4) is 0 Å². The number of piperidine rings is 1. The lowest BCUT2D eigenvalue weighted by atomic mass is 10.0. The van der Waals surface area contributed by atoms with Crippen LogP contribution >= 0.6 is 0 Å². The van der Waals surface area contributed by atoms with E-state index in [-0.39, 0.29) is 17.9 Å². The molecule has 21 heavy (non-hydrogen) atoms.